The molecule has 3 rings (SSSR count). The van der Waals surface area contributed by atoms with E-state index in [1.165, 1.54) is 11.9 Å². The number of aromatic nitrogens is 2. The Morgan fingerprint density at radius 3 is 2.43 bits per heavy atom. The number of carbonyl (C=O) groups excluding carboxylic acids is 2. The molecule has 1 fully saturated rings. The molecule has 2 aromatic rings. The fourth-order valence-electron chi connectivity index (χ4n) is 2.64. The van der Waals surface area contributed by atoms with Crippen LogP contribution in [0.3, 0.4) is 0 Å². The van der Waals surface area contributed by atoms with Crippen LogP contribution in [0.2, 0.25) is 0 Å². The van der Waals surface area contributed by atoms with E-state index in [1.807, 2.05) is 29.8 Å². The van der Waals surface area contributed by atoms with E-state index in [2.05, 4.69) is 18.8 Å². The van der Waals surface area contributed by atoms with E-state index in [-0.39, 0.29) is 30.4 Å². The molecule has 3 amide bonds. The van der Waals surface area contributed by atoms with Crippen molar-refractivity contribution < 1.29 is 9.59 Å². The quantitative estimate of drug-likeness (QED) is 0.876. The summed E-state index contributed by atoms with van der Waals surface area (Å²) in [6.45, 7) is 6.06. The molecule has 7 heteroatoms. The van der Waals surface area contributed by atoms with E-state index < -0.39 is 0 Å². The van der Waals surface area contributed by atoms with Crippen LogP contribution in [0.15, 0.2) is 18.5 Å². The first kappa shape index (κ1) is 15.5. The van der Waals surface area contributed by atoms with E-state index in [9.17, 15) is 9.59 Å². The number of imide groups is 1. The van der Waals surface area contributed by atoms with Crippen LogP contribution in [0.5, 0.6) is 0 Å². The van der Waals surface area contributed by atoms with Gasteiger partial charge in [0.25, 0.3) is 0 Å². The molecule has 1 saturated heterocycles. The molecule has 23 heavy (non-hydrogen) atoms. The lowest BCUT2D eigenvalue weighted by atomic mass is 10.1. The van der Waals surface area contributed by atoms with Gasteiger partial charge >= 0.3 is 6.03 Å². The van der Waals surface area contributed by atoms with Gasteiger partial charge in [0, 0.05) is 25.5 Å². The Balaban J connectivity index is 2.21. The number of rotatable bonds is 3. The molecule has 2 N–H and O–H groups in total. The molecule has 0 spiro atoms. The number of urea groups is 1. The second-order valence-electron chi connectivity index (χ2n) is 6.32. The molecule has 1 unspecified atom stereocenters. The molecule has 0 aliphatic carbocycles. The van der Waals surface area contributed by atoms with Crippen molar-refractivity contribution >= 4 is 23.3 Å². The zero-order chi connectivity index (χ0) is 16.9. The maximum Gasteiger partial charge on any atom is 0.331 e. The number of fused-ring (bicyclic) bond motifs is 1. The van der Waals surface area contributed by atoms with Crippen LogP contribution in [0, 0.1) is 0 Å². The van der Waals surface area contributed by atoms with Crippen molar-refractivity contribution in [1.29, 1.82) is 0 Å². The molecule has 0 radical (unpaired) electrons. The lowest BCUT2D eigenvalue weighted by Gasteiger charge is -2.18. The van der Waals surface area contributed by atoms with Gasteiger partial charge in [-0.25, -0.2) is 9.78 Å². The predicted octanol–water partition coefficient (Wildman–Crippen LogP) is 1.88. The molecule has 0 bridgehead atoms. The van der Waals surface area contributed by atoms with Gasteiger partial charge in [0.05, 0.1) is 11.4 Å². The number of amides is 3. The van der Waals surface area contributed by atoms with Gasteiger partial charge < -0.3 is 10.1 Å². The van der Waals surface area contributed by atoms with Crippen LogP contribution >= 0.6 is 0 Å². The van der Waals surface area contributed by atoms with Gasteiger partial charge in [-0.15, -0.1) is 0 Å². The Hall–Kier alpha value is -2.41. The van der Waals surface area contributed by atoms with E-state index in [0.29, 0.717) is 11.3 Å². The second kappa shape index (κ2) is 5.34. The van der Waals surface area contributed by atoms with Crippen LogP contribution in [0.25, 0.3) is 5.65 Å². The van der Waals surface area contributed by atoms with Crippen LogP contribution in [0.1, 0.15) is 44.0 Å². The Morgan fingerprint density at radius 1 is 1.22 bits per heavy atom. The molecular weight excluding hydrogens is 294 g/mol. The normalized spacial score (nSPS) is 17.0. The molecule has 3 heterocycles. The molecule has 1 aliphatic heterocycles. The van der Waals surface area contributed by atoms with Crippen molar-refractivity contribution in [3.05, 3.63) is 29.7 Å². The molecule has 0 saturated carbocycles. The summed E-state index contributed by atoms with van der Waals surface area (Å²) < 4.78 is 1.89. The summed E-state index contributed by atoms with van der Waals surface area (Å²) in [7, 11) is 1.49. The van der Waals surface area contributed by atoms with E-state index >= 15 is 0 Å². The summed E-state index contributed by atoms with van der Waals surface area (Å²) in [5.41, 5.74) is 9.03. The number of anilines is 1. The van der Waals surface area contributed by atoms with Gasteiger partial charge in [-0.1, -0.05) is 13.8 Å². The Bertz CT molecular complexity index is 793. The summed E-state index contributed by atoms with van der Waals surface area (Å²) in [6, 6.07) is 1.40. The summed E-state index contributed by atoms with van der Waals surface area (Å²) in [5, 5.41) is 0. The SMILES string of the molecule is CC(C)c1cc(N2CC(=O)N(C)C2=O)c2nc(C(C)N)cn2c1. The van der Waals surface area contributed by atoms with Crippen molar-refractivity contribution in [2.24, 2.45) is 5.73 Å². The number of pyridine rings is 1. The van der Waals surface area contributed by atoms with Gasteiger partial charge in [0.15, 0.2) is 5.65 Å². The molecule has 7 nitrogen and oxygen atoms in total. The van der Waals surface area contributed by atoms with E-state index in [1.54, 1.807) is 0 Å². The van der Waals surface area contributed by atoms with E-state index in [0.717, 1.165) is 16.2 Å². The van der Waals surface area contributed by atoms with Gasteiger partial charge in [-0.3, -0.25) is 14.6 Å². The highest BCUT2D eigenvalue weighted by Crippen LogP contribution is 2.30. The van der Waals surface area contributed by atoms with E-state index in [4.69, 9.17) is 5.73 Å². The number of hydrogen-bond donors (Lipinski definition) is 1. The highest BCUT2D eigenvalue weighted by molar-refractivity contribution is 6.13. The average molecular weight is 315 g/mol. The highest BCUT2D eigenvalue weighted by atomic mass is 16.2. The van der Waals surface area contributed by atoms with Crippen LogP contribution in [-0.4, -0.2) is 39.8 Å². The number of nitrogens with two attached hydrogens (primary N) is 1. The maximum atomic E-state index is 12.4. The first-order valence-corrected chi connectivity index (χ1v) is 7.65. The zero-order valence-electron chi connectivity index (χ0n) is 13.8. The lowest BCUT2D eigenvalue weighted by molar-refractivity contribution is -0.123. The zero-order valence-corrected chi connectivity index (χ0v) is 13.8. The van der Waals surface area contributed by atoms with Crippen molar-refractivity contribution in [3.63, 3.8) is 0 Å². The summed E-state index contributed by atoms with van der Waals surface area (Å²) in [6.07, 6.45) is 3.87. The Morgan fingerprint density at radius 2 is 1.91 bits per heavy atom. The van der Waals surface area contributed by atoms with Gasteiger partial charge in [0.1, 0.15) is 6.54 Å². The van der Waals surface area contributed by atoms with Crippen molar-refractivity contribution in [1.82, 2.24) is 14.3 Å². The first-order valence-electron chi connectivity index (χ1n) is 7.65. The highest BCUT2D eigenvalue weighted by Gasteiger charge is 2.35. The van der Waals surface area contributed by atoms with Crippen LogP contribution < -0.4 is 10.6 Å². The van der Waals surface area contributed by atoms with Crippen molar-refractivity contribution in [3.8, 4) is 0 Å². The largest absolute Gasteiger partial charge is 0.331 e. The minimum atomic E-state index is -0.330. The molecule has 1 aliphatic rings. The average Bonchev–Trinajstić information content (AvgIpc) is 3.03. The smallest absolute Gasteiger partial charge is 0.323 e. The Kier molecular flexibility index (Phi) is 3.60. The minimum Gasteiger partial charge on any atom is -0.323 e. The molecular formula is C16H21N5O2. The van der Waals surface area contributed by atoms with Crippen LogP contribution in [-0.2, 0) is 4.79 Å². The number of likely N-dealkylation sites (N-methyl/N-ethyl adjacent to an activating group) is 1. The Labute approximate surface area is 134 Å². The second-order valence-corrected chi connectivity index (χ2v) is 6.32. The van der Waals surface area contributed by atoms with Gasteiger partial charge in [-0.2, -0.15) is 0 Å². The monoisotopic (exact) mass is 315 g/mol. The van der Waals surface area contributed by atoms with Gasteiger partial charge in [-0.05, 0) is 24.5 Å². The predicted molar refractivity (Wildman–Crippen MR) is 87.4 cm³/mol. The van der Waals surface area contributed by atoms with Crippen molar-refractivity contribution in [2.75, 3.05) is 18.5 Å². The number of imidazole rings is 1. The topological polar surface area (TPSA) is 83.9 Å². The summed E-state index contributed by atoms with van der Waals surface area (Å²) in [4.78, 5) is 31.4. The maximum absolute atomic E-state index is 12.4. The molecule has 2 aromatic heterocycles. The third-order valence-corrected chi connectivity index (χ3v) is 4.18. The van der Waals surface area contributed by atoms with Crippen LogP contribution in [0.4, 0.5) is 10.5 Å². The summed E-state index contributed by atoms with van der Waals surface area (Å²) in [5.74, 6) is 0.0625. The molecule has 1 atom stereocenters. The molecule has 0 aromatic carbocycles. The minimum absolute atomic E-state index is 0.0346. The number of nitrogens with zero attached hydrogens (tertiary/aromatic N) is 4. The first-order chi connectivity index (χ1) is 10.8. The number of hydrogen-bond acceptors (Lipinski definition) is 4. The molecule has 122 valence electrons. The third kappa shape index (κ3) is 2.46. The lowest BCUT2D eigenvalue weighted by Crippen LogP contribution is -2.30. The fourth-order valence-corrected chi connectivity index (χ4v) is 2.64. The number of carbonyl (C=O) groups is 2. The fraction of sp³-hybridized carbons (Fsp3) is 0.438. The summed E-state index contributed by atoms with van der Waals surface area (Å²) >= 11 is 0. The van der Waals surface area contributed by atoms with Crippen molar-refractivity contribution in [2.45, 2.75) is 32.7 Å². The van der Waals surface area contributed by atoms with Gasteiger partial charge in [0.2, 0.25) is 5.91 Å². The standard InChI is InChI=1S/C16H21N5O2/c1-9(2)11-5-13(21-8-14(22)19(4)16(21)23)15-18-12(10(3)17)7-20(15)6-11/h5-7,9-10H,8,17H2,1-4H3. The third-order valence-electron chi connectivity index (χ3n) is 4.18.